The Morgan fingerprint density at radius 3 is 2.15 bits per heavy atom. The molecule has 0 bridgehead atoms. The van der Waals surface area contributed by atoms with Crippen LogP contribution in [0.4, 0.5) is 0 Å². The summed E-state index contributed by atoms with van der Waals surface area (Å²) < 4.78 is 7.51. The first-order valence-electron chi connectivity index (χ1n) is 6.29. The molecule has 1 unspecified atom stereocenters. The summed E-state index contributed by atoms with van der Waals surface area (Å²) in [5.41, 5.74) is 10.8. The fraction of sp³-hybridized carbons (Fsp3) is 0.250. The zero-order valence-electron chi connectivity index (χ0n) is 11.7. The number of nitrogens with two attached hydrogens (primary N) is 1. The average molecular weight is 399 g/mol. The molecule has 0 saturated heterocycles. The lowest BCUT2D eigenvalue weighted by Gasteiger charge is -2.20. The number of benzene rings is 2. The highest BCUT2D eigenvalue weighted by Gasteiger charge is 2.18. The quantitative estimate of drug-likeness (QED) is 0.799. The van der Waals surface area contributed by atoms with Gasteiger partial charge in [-0.05, 0) is 54.8 Å². The largest absolute Gasteiger partial charge is 0.496 e. The zero-order chi connectivity index (χ0) is 14.9. The minimum absolute atomic E-state index is 0.223. The predicted octanol–water partition coefficient (Wildman–Crippen LogP) is 4.89. The molecule has 106 valence electrons. The van der Waals surface area contributed by atoms with Gasteiger partial charge in [0.1, 0.15) is 5.75 Å². The van der Waals surface area contributed by atoms with Crippen molar-refractivity contribution in [1.82, 2.24) is 0 Å². The summed E-state index contributed by atoms with van der Waals surface area (Å²) >= 11 is 7.01. The SMILES string of the molecule is COc1cc(C)cc(C)c1C(N)c1cc(Br)cc(Br)c1. The monoisotopic (exact) mass is 397 g/mol. The van der Waals surface area contributed by atoms with Crippen molar-refractivity contribution in [2.75, 3.05) is 7.11 Å². The topological polar surface area (TPSA) is 35.2 Å². The van der Waals surface area contributed by atoms with Gasteiger partial charge in [0.25, 0.3) is 0 Å². The van der Waals surface area contributed by atoms with Crippen molar-refractivity contribution < 1.29 is 4.74 Å². The molecule has 0 spiro atoms. The number of aryl methyl sites for hydroxylation is 2. The van der Waals surface area contributed by atoms with Gasteiger partial charge in [-0.2, -0.15) is 0 Å². The molecule has 0 aliphatic carbocycles. The van der Waals surface area contributed by atoms with E-state index in [1.807, 2.05) is 24.3 Å². The van der Waals surface area contributed by atoms with Gasteiger partial charge in [0, 0.05) is 14.5 Å². The van der Waals surface area contributed by atoms with Crippen molar-refractivity contribution in [1.29, 1.82) is 0 Å². The number of methoxy groups -OCH3 is 1. The molecule has 0 aliphatic heterocycles. The Kier molecular flexibility index (Phi) is 4.89. The molecule has 0 heterocycles. The molecule has 0 radical (unpaired) electrons. The molecule has 2 N–H and O–H groups in total. The Bertz CT molecular complexity index is 620. The Morgan fingerprint density at radius 1 is 1.00 bits per heavy atom. The molecule has 2 aromatic rings. The van der Waals surface area contributed by atoms with Gasteiger partial charge in [0.05, 0.1) is 13.2 Å². The Hall–Kier alpha value is -0.840. The molecule has 0 fully saturated rings. The van der Waals surface area contributed by atoms with E-state index in [-0.39, 0.29) is 6.04 Å². The van der Waals surface area contributed by atoms with Crippen LogP contribution in [0, 0.1) is 13.8 Å². The van der Waals surface area contributed by atoms with Crippen molar-refractivity contribution in [3.63, 3.8) is 0 Å². The lowest BCUT2D eigenvalue weighted by atomic mass is 9.93. The van der Waals surface area contributed by atoms with Gasteiger partial charge >= 0.3 is 0 Å². The van der Waals surface area contributed by atoms with Crippen LogP contribution in [-0.4, -0.2) is 7.11 Å². The van der Waals surface area contributed by atoms with E-state index in [9.17, 15) is 0 Å². The van der Waals surface area contributed by atoms with Gasteiger partial charge in [-0.3, -0.25) is 0 Å². The van der Waals surface area contributed by atoms with Crippen molar-refractivity contribution in [3.8, 4) is 5.75 Å². The summed E-state index contributed by atoms with van der Waals surface area (Å²) in [5.74, 6) is 0.839. The summed E-state index contributed by atoms with van der Waals surface area (Å²) in [6, 6.07) is 10.00. The maximum absolute atomic E-state index is 6.46. The molecule has 0 saturated carbocycles. The normalized spacial score (nSPS) is 12.3. The standard InChI is InChI=1S/C16H17Br2NO/c1-9-4-10(2)15(14(5-9)20-3)16(19)11-6-12(17)8-13(18)7-11/h4-8,16H,19H2,1-3H3. The lowest BCUT2D eigenvalue weighted by Crippen LogP contribution is -2.15. The molecule has 0 aromatic heterocycles. The highest BCUT2D eigenvalue weighted by molar-refractivity contribution is 9.11. The third-order valence-electron chi connectivity index (χ3n) is 3.27. The second-order valence-corrected chi connectivity index (χ2v) is 6.71. The van der Waals surface area contributed by atoms with E-state index in [1.54, 1.807) is 7.11 Å². The molecule has 0 aliphatic rings. The molecule has 4 heteroatoms. The molecule has 2 rings (SSSR count). The van der Waals surface area contributed by atoms with E-state index in [0.29, 0.717) is 0 Å². The summed E-state index contributed by atoms with van der Waals surface area (Å²) in [7, 11) is 1.68. The van der Waals surface area contributed by atoms with E-state index < -0.39 is 0 Å². The van der Waals surface area contributed by atoms with Crippen LogP contribution in [0.1, 0.15) is 28.3 Å². The smallest absolute Gasteiger partial charge is 0.124 e. The maximum atomic E-state index is 6.46. The average Bonchev–Trinajstić information content (AvgIpc) is 2.35. The van der Waals surface area contributed by atoms with Crippen LogP contribution >= 0.6 is 31.9 Å². The number of hydrogen-bond acceptors (Lipinski definition) is 2. The van der Waals surface area contributed by atoms with Gasteiger partial charge in [0.15, 0.2) is 0 Å². The van der Waals surface area contributed by atoms with E-state index in [1.165, 1.54) is 5.56 Å². The van der Waals surface area contributed by atoms with Gasteiger partial charge < -0.3 is 10.5 Å². The maximum Gasteiger partial charge on any atom is 0.124 e. The van der Waals surface area contributed by atoms with Crippen molar-refractivity contribution >= 4 is 31.9 Å². The second-order valence-electron chi connectivity index (χ2n) is 4.88. The van der Waals surface area contributed by atoms with Crippen molar-refractivity contribution in [2.45, 2.75) is 19.9 Å². The van der Waals surface area contributed by atoms with Gasteiger partial charge in [-0.25, -0.2) is 0 Å². The molecule has 2 aromatic carbocycles. The van der Waals surface area contributed by atoms with Gasteiger partial charge in [-0.1, -0.05) is 37.9 Å². The van der Waals surface area contributed by atoms with Crippen LogP contribution in [0.2, 0.25) is 0 Å². The van der Waals surface area contributed by atoms with E-state index in [0.717, 1.165) is 31.4 Å². The molecule has 1 atom stereocenters. The number of hydrogen-bond donors (Lipinski definition) is 1. The summed E-state index contributed by atoms with van der Waals surface area (Å²) in [6.07, 6.45) is 0. The van der Waals surface area contributed by atoms with Crippen LogP contribution < -0.4 is 10.5 Å². The fourth-order valence-corrected chi connectivity index (χ4v) is 3.76. The summed E-state index contributed by atoms with van der Waals surface area (Å²) in [6.45, 7) is 4.12. The van der Waals surface area contributed by atoms with Crippen molar-refractivity contribution in [3.05, 3.63) is 61.5 Å². The lowest BCUT2D eigenvalue weighted by molar-refractivity contribution is 0.407. The van der Waals surface area contributed by atoms with E-state index in [4.69, 9.17) is 10.5 Å². The summed E-state index contributed by atoms with van der Waals surface area (Å²) in [5, 5.41) is 0. The van der Waals surface area contributed by atoms with Crippen molar-refractivity contribution in [2.24, 2.45) is 5.73 Å². The Balaban J connectivity index is 2.55. The minimum Gasteiger partial charge on any atom is -0.496 e. The highest BCUT2D eigenvalue weighted by Crippen LogP contribution is 2.34. The van der Waals surface area contributed by atoms with Crippen LogP contribution in [0.5, 0.6) is 5.75 Å². The van der Waals surface area contributed by atoms with Crippen LogP contribution in [0.25, 0.3) is 0 Å². The molecule has 20 heavy (non-hydrogen) atoms. The predicted molar refractivity (Wildman–Crippen MR) is 90.3 cm³/mol. The first-order valence-corrected chi connectivity index (χ1v) is 7.87. The van der Waals surface area contributed by atoms with Crippen LogP contribution in [-0.2, 0) is 0 Å². The van der Waals surface area contributed by atoms with Crippen LogP contribution in [0.3, 0.4) is 0 Å². The Labute approximate surface area is 136 Å². The molecular formula is C16H17Br2NO. The molecular weight excluding hydrogens is 382 g/mol. The number of ether oxygens (including phenoxy) is 1. The fourth-order valence-electron chi connectivity index (χ4n) is 2.43. The molecule has 2 nitrogen and oxygen atoms in total. The number of halogens is 2. The second kappa shape index (κ2) is 6.29. The zero-order valence-corrected chi connectivity index (χ0v) is 14.9. The van der Waals surface area contributed by atoms with Crippen LogP contribution in [0.15, 0.2) is 39.3 Å². The molecule has 0 amide bonds. The third-order valence-corrected chi connectivity index (χ3v) is 4.18. The van der Waals surface area contributed by atoms with E-state index in [2.05, 4.69) is 51.8 Å². The highest BCUT2D eigenvalue weighted by atomic mass is 79.9. The van der Waals surface area contributed by atoms with E-state index >= 15 is 0 Å². The van der Waals surface area contributed by atoms with Gasteiger partial charge in [0.2, 0.25) is 0 Å². The summed E-state index contributed by atoms with van der Waals surface area (Å²) in [4.78, 5) is 0. The first kappa shape index (κ1) is 15.5. The van der Waals surface area contributed by atoms with Gasteiger partial charge in [-0.15, -0.1) is 0 Å². The third kappa shape index (κ3) is 3.25. The first-order chi connectivity index (χ1) is 9.42. The number of rotatable bonds is 3. The Morgan fingerprint density at radius 2 is 1.60 bits per heavy atom. The minimum atomic E-state index is -0.223.